The average Bonchev–Trinajstić information content (AvgIpc) is 2.23. The largest absolute Gasteiger partial charge is 0.475 e. The number of rotatable bonds is 6. The molecule has 1 aromatic heterocycles. The van der Waals surface area contributed by atoms with Crippen molar-refractivity contribution < 1.29 is 4.74 Å². The maximum atomic E-state index is 6.29. The minimum Gasteiger partial charge on any atom is -0.475 e. The van der Waals surface area contributed by atoms with Crippen molar-refractivity contribution in [1.29, 1.82) is 0 Å². The lowest BCUT2D eigenvalue weighted by Gasteiger charge is -2.22. The van der Waals surface area contributed by atoms with Crippen LogP contribution in [0.1, 0.15) is 41.0 Å². The van der Waals surface area contributed by atoms with Gasteiger partial charge >= 0.3 is 0 Å². The average molecular weight is 286 g/mol. The third-order valence-corrected chi connectivity index (χ3v) is 2.61. The summed E-state index contributed by atoms with van der Waals surface area (Å²) in [6.07, 6.45) is 2.72. The van der Waals surface area contributed by atoms with Gasteiger partial charge in [0, 0.05) is 18.8 Å². The molecule has 0 spiro atoms. The molecule has 0 saturated carbocycles. The van der Waals surface area contributed by atoms with Gasteiger partial charge in [-0.1, -0.05) is 20.8 Å². The lowest BCUT2D eigenvalue weighted by Crippen LogP contribution is -2.21. The molecule has 0 aliphatic heterocycles. The summed E-state index contributed by atoms with van der Waals surface area (Å²) in [6.45, 7) is 11.1. The Hall–Kier alpha value is -1.03. The lowest BCUT2D eigenvalue weighted by atomic mass is 9.90. The minimum atomic E-state index is 0.0540. The first-order valence-electron chi connectivity index (χ1n) is 6.64. The van der Waals surface area contributed by atoms with Gasteiger partial charge in [-0.3, -0.25) is 0 Å². The fourth-order valence-electron chi connectivity index (χ4n) is 1.67. The van der Waals surface area contributed by atoms with Gasteiger partial charge in [-0.2, -0.15) is 4.98 Å². The fourth-order valence-corrected chi connectivity index (χ4v) is 2.21. The molecule has 0 aromatic carbocycles. The number of alkyl halides is 1. The second kappa shape index (κ2) is 6.94. The van der Waals surface area contributed by atoms with E-state index in [9.17, 15) is 0 Å². The maximum Gasteiger partial charge on any atom is 0.225 e. The Morgan fingerprint density at radius 1 is 1.37 bits per heavy atom. The SMILES string of the molecule is CC(C)Oc1ccnc(NCC(Cl)CC(C)(C)C)n1. The highest BCUT2D eigenvalue weighted by atomic mass is 35.5. The van der Waals surface area contributed by atoms with Crippen LogP contribution in [0, 0.1) is 5.41 Å². The number of aromatic nitrogens is 2. The smallest absolute Gasteiger partial charge is 0.225 e. The van der Waals surface area contributed by atoms with Gasteiger partial charge in [-0.15, -0.1) is 11.6 Å². The van der Waals surface area contributed by atoms with Crippen molar-refractivity contribution in [3.8, 4) is 5.88 Å². The zero-order valence-corrected chi connectivity index (χ0v) is 13.2. The van der Waals surface area contributed by atoms with Gasteiger partial charge in [0.1, 0.15) is 0 Å². The Labute approximate surface area is 120 Å². The minimum absolute atomic E-state index is 0.0540. The van der Waals surface area contributed by atoms with E-state index in [1.165, 1.54) is 0 Å². The molecule has 0 saturated heterocycles. The van der Waals surface area contributed by atoms with Crippen LogP contribution in [0.3, 0.4) is 0 Å². The highest BCUT2D eigenvalue weighted by Gasteiger charge is 2.16. The van der Waals surface area contributed by atoms with Crippen molar-refractivity contribution in [2.45, 2.75) is 52.5 Å². The van der Waals surface area contributed by atoms with Gasteiger partial charge in [0.2, 0.25) is 11.8 Å². The van der Waals surface area contributed by atoms with Crippen LogP contribution in [0.15, 0.2) is 12.3 Å². The topological polar surface area (TPSA) is 47.0 Å². The van der Waals surface area contributed by atoms with Crippen LogP contribution in [0.4, 0.5) is 5.95 Å². The molecular weight excluding hydrogens is 262 g/mol. The summed E-state index contributed by atoms with van der Waals surface area (Å²) in [5.41, 5.74) is 0.220. The van der Waals surface area contributed by atoms with Gasteiger partial charge in [0.05, 0.1) is 11.5 Å². The molecule has 1 rings (SSSR count). The first-order chi connectivity index (χ1) is 8.76. The van der Waals surface area contributed by atoms with Crippen molar-refractivity contribution >= 4 is 17.5 Å². The number of anilines is 1. The van der Waals surface area contributed by atoms with Crippen molar-refractivity contribution in [2.24, 2.45) is 5.41 Å². The van der Waals surface area contributed by atoms with E-state index in [-0.39, 0.29) is 16.9 Å². The highest BCUT2D eigenvalue weighted by molar-refractivity contribution is 6.20. The molecule has 0 radical (unpaired) electrons. The second-order valence-corrected chi connectivity index (χ2v) is 6.75. The second-order valence-electron chi connectivity index (χ2n) is 6.13. The van der Waals surface area contributed by atoms with E-state index >= 15 is 0 Å². The van der Waals surface area contributed by atoms with E-state index in [1.54, 1.807) is 12.3 Å². The zero-order chi connectivity index (χ0) is 14.5. The molecule has 1 heterocycles. The molecule has 0 aliphatic carbocycles. The summed E-state index contributed by atoms with van der Waals surface area (Å²) in [5.74, 6) is 1.13. The Morgan fingerprint density at radius 3 is 2.63 bits per heavy atom. The Morgan fingerprint density at radius 2 is 2.05 bits per heavy atom. The Bertz CT molecular complexity index is 391. The Balaban J connectivity index is 2.49. The number of nitrogens with one attached hydrogen (secondary N) is 1. The molecule has 1 aromatic rings. The quantitative estimate of drug-likeness (QED) is 0.809. The van der Waals surface area contributed by atoms with Gasteiger partial charge in [0.25, 0.3) is 0 Å². The van der Waals surface area contributed by atoms with Crippen LogP contribution >= 0.6 is 11.6 Å². The van der Waals surface area contributed by atoms with Gasteiger partial charge in [-0.25, -0.2) is 4.98 Å². The monoisotopic (exact) mass is 285 g/mol. The van der Waals surface area contributed by atoms with Crippen LogP contribution in [0.5, 0.6) is 5.88 Å². The van der Waals surface area contributed by atoms with E-state index in [2.05, 4.69) is 36.1 Å². The normalized spacial score (nSPS) is 13.4. The van der Waals surface area contributed by atoms with Gasteiger partial charge < -0.3 is 10.1 Å². The first-order valence-corrected chi connectivity index (χ1v) is 7.07. The molecule has 4 nitrogen and oxygen atoms in total. The number of hydrogen-bond donors (Lipinski definition) is 1. The predicted molar refractivity (Wildman–Crippen MR) is 80.0 cm³/mol. The van der Waals surface area contributed by atoms with Crippen molar-refractivity contribution in [3.63, 3.8) is 0 Å². The van der Waals surface area contributed by atoms with E-state index in [1.807, 2.05) is 13.8 Å². The van der Waals surface area contributed by atoms with Crippen LogP contribution in [0.2, 0.25) is 0 Å². The molecule has 0 amide bonds. The highest BCUT2D eigenvalue weighted by Crippen LogP contribution is 2.23. The predicted octanol–water partition coefficient (Wildman–Crippen LogP) is 3.72. The van der Waals surface area contributed by atoms with Crippen LogP contribution < -0.4 is 10.1 Å². The van der Waals surface area contributed by atoms with E-state index in [0.717, 1.165) is 6.42 Å². The summed E-state index contributed by atoms with van der Waals surface area (Å²) >= 11 is 6.29. The number of halogens is 1. The molecule has 0 aliphatic rings. The van der Waals surface area contributed by atoms with Crippen molar-refractivity contribution in [2.75, 3.05) is 11.9 Å². The van der Waals surface area contributed by atoms with E-state index < -0.39 is 0 Å². The standard InChI is InChI=1S/C14H24ClN3O/c1-10(2)19-12-6-7-16-13(18-12)17-9-11(15)8-14(3,4)5/h6-7,10-11H,8-9H2,1-5H3,(H,16,17,18). The van der Waals surface area contributed by atoms with Crippen molar-refractivity contribution in [1.82, 2.24) is 9.97 Å². The lowest BCUT2D eigenvalue weighted by molar-refractivity contribution is 0.232. The molecule has 1 unspecified atom stereocenters. The first kappa shape index (κ1) is 16.0. The summed E-state index contributed by atoms with van der Waals surface area (Å²) in [7, 11) is 0. The number of hydrogen-bond acceptors (Lipinski definition) is 4. The molecule has 19 heavy (non-hydrogen) atoms. The molecular formula is C14H24ClN3O. The van der Waals surface area contributed by atoms with Gasteiger partial charge in [0.15, 0.2) is 0 Å². The van der Waals surface area contributed by atoms with E-state index in [0.29, 0.717) is 18.4 Å². The third-order valence-electron chi connectivity index (χ3n) is 2.30. The third kappa shape index (κ3) is 7.21. The van der Waals surface area contributed by atoms with Gasteiger partial charge in [-0.05, 0) is 25.7 Å². The fraction of sp³-hybridized carbons (Fsp3) is 0.714. The molecule has 0 bridgehead atoms. The summed E-state index contributed by atoms with van der Waals surface area (Å²) in [6, 6.07) is 1.75. The van der Waals surface area contributed by atoms with Crippen molar-refractivity contribution in [3.05, 3.63) is 12.3 Å². The Kier molecular flexibility index (Phi) is 5.85. The summed E-state index contributed by atoms with van der Waals surface area (Å²) in [5, 5.41) is 3.20. The number of nitrogens with zero attached hydrogens (tertiary/aromatic N) is 2. The van der Waals surface area contributed by atoms with Crippen LogP contribution in [-0.2, 0) is 0 Å². The molecule has 108 valence electrons. The number of ether oxygens (including phenoxy) is 1. The van der Waals surface area contributed by atoms with Crippen LogP contribution in [0.25, 0.3) is 0 Å². The summed E-state index contributed by atoms with van der Waals surface area (Å²) < 4.78 is 5.52. The molecule has 1 atom stereocenters. The molecule has 5 heteroatoms. The summed E-state index contributed by atoms with van der Waals surface area (Å²) in [4.78, 5) is 8.43. The zero-order valence-electron chi connectivity index (χ0n) is 12.4. The molecule has 0 fully saturated rings. The molecule has 1 N–H and O–H groups in total. The maximum absolute atomic E-state index is 6.29. The van der Waals surface area contributed by atoms with Crippen LogP contribution in [-0.4, -0.2) is 28.0 Å². The van der Waals surface area contributed by atoms with E-state index in [4.69, 9.17) is 16.3 Å².